The first kappa shape index (κ1) is 15.0. The number of hydrogen-bond donors (Lipinski definition) is 0. The van der Waals surface area contributed by atoms with Crippen molar-refractivity contribution in [3.05, 3.63) is 33.6 Å². The normalized spacial score (nSPS) is 10.4. The Morgan fingerprint density at radius 3 is 2.50 bits per heavy atom. The number of carbonyl (C=O) groups excluding carboxylic acids is 1. The Labute approximate surface area is 129 Å². The number of carbonyl (C=O) groups is 1. The van der Waals surface area contributed by atoms with Crippen molar-refractivity contribution in [3.8, 4) is 16.5 Å². The zero-order valence-electron chi connectivity index (χ0n) is 11.2. The molecular formula is C13H13BrN2O3S. The molecule has 0 spiro atoms. The molecule has 20 heavy (non-hydrogen) atoms. The third kappa shape index (κ3) is 3.00. The predicted octanol–water partition coefficient (Wildman–Crippen LogP) is 3.21. The van der Waals surface area contributed by atoms with Crippen molar-refractivity contribution in [2.24, 2.45) is 0 Å². The molecule has 2 rings (SSSR count). The summed E-state index contributed by atoms with van der Waals surface area (Å²) in [6, 6.07) is 7.70. The average Bonchev–Trinajstić information content (AvgIpc) is 2.90. The lowest BCUT2D eigenvalue weighted by Crippen LogP contribution is -2.24. The zero-order chi connectivity index (χ0) is 14.7. The van der Waals surface area contributed by atoms with E-state index in [-0.39, 0.29) is 5.91 Å². The van der Waals surface area contributed by atoms with Gasteiger partial charge in [-0.25, -0.2) is 10.0 Å². The van der Waals surface area contributed by atoms with Gasteiger partial charge >= 0.3 is 0 Å². The highest BCUT2D eigenvalue weighted by Crippen LogP contribution is 2.33. The zero-order valence-corrected chi connectivity index (χ0v) is 13.6. The number of benzene rings is 1. The van der Waals surface area contributed by atoms with Crippen LogP contribution in [-0.2, 0) is 4.84 Å². The molecule has 0 atom stereocenters. The fourth-order valence-electron chi connectivity index (χ4n) is 1.52. The third-order valence-electron chi connectivity index (χ3n) is 2.63. The predicted molar refractivity (Wildman–Crippen MR) is 80.9 cm³/mol. The lowest BCUT2D eigenvalue weighted by molar-refractivity contribution is -0.0755. The molecule has 106 valence electrons. The fourth-order valence-corrected chi connectivity index (χ4v) is 2.79. The Balaban J connectivity index is 2.40. The lowest BCUT2D eigenvalue weighted by atomic mass is 10.2. The maximum atomic E-state index is 12.1. The van der Waals surface area contributed by atoms with Gasteiger partial charge < -0.3 is 4.74 Å². The van der Waals surface area contributed by atoms with Crippen LogP contribution in [0.2, 0.25) is 0 Å². The van der Waals surface area contributed by atoms with Crippen molar-refractivity contribution in [1.29, 1.82) is 0 Å². The number of rotatable bonds is 4. The van der Waals surface area contributed by atoms with Crippen LogP contribution in [-0.4, -0.2) is 37.2 Å². The molecule has 0 unspecified atom stereocenters. The van der Waals surface area contributed by atoms with E-state index in [1.165, 1.54) is 25.6 Å². The van der Waals surface area contributed by atoms with Gasteiger partial charge in [-0.1, -0.05) is 28.1 Å². The molecule has 2 aromatic rings. The summed E-state index contributed by atoms with van der Waals surface area (Å²) in [6.45, 7) is 0. The third-order valence-corrected chi connectivity index (χ3v) is 4.24. The molecule has 0 aliphatic heterocycles. The number of hydroxylamine groups is 2. The molecular weight excluding hydrogens is 344 g/mol. The van der Waals surface area contributed by atoms with Gasteiger partial charge in [-0.2, -0.15) is 0 Å². The van der Waals surface area contributed by atoms with Crippen LogP contribution in [0.25, 0.3) is 10.6 Å². The number of hydrogen-bond acceptors (Lipinski definition) is 5. The van der Waals surface area contributed by atoms with Crippen LogP contribution in [0.5, 0.6) is 5.88 Å². The highest BCUT2D eigenvalue weighted by molar-refractivity contribution is 9.10. The fraction of sp³-hybridized carbons (Fsp3) is 0.231. The highest BCUT2D eigenvalue weighted by Gasteiger charge is 2.22. The van der Waals surface area contributed by atoms with Gasteiger partial charge in [0.1, 0.15) is 5.01 Å². The van der Waals surface area contributed by atoms with Gasteiger partial charge in [-0.3, -0.25) is 9.63 Å². The first-order valence-corrected chi connectivity index (χ1v) is 7.30. The summed E-state index contributed by atoms with van der Waals surface area (Å²) < 4.78 is 6.16. The van der Waals surface area contributed by atoms with E-state index in [1.807, 2.05) is 24.3 Å². The second-order valence-corrected chi connectivity index (χ2v) is 5.76. The van der Waals surface area contributed by atoms with Crippen molar-refractivity contribution >= 4 is 33.2 Å². The van der Waals surface area contributed by atoms with Crippen molar-refractivity contribution < 1.29 is 14.4 Å². The quantitative estimate of drug-likeness (QED) is 0.789. The van der Waals surface area contributed by atoms with Crippen molar-refractivity contribution in [1.82, 2.24) is 10.0 Å². The van der Waals surface area contributed by atoms with Gasteiger partial charge in [0.15, 0.2) is 4.88 Å². The van der Waals surface area contributed by atoms with Gasteiger partial charge in [-0.15, -0.1) is 11.3 Å². The topological polar surface area (TPSA) is 51.7 Å². The Hall–Kier alpha value is -1.44. The number of aromatic nitrogens is 1. The Bertz CT molecular complexity index is 613. The summed E-state index contributed by atoms with van der Waals surface area (Å²) in [5.74, 6) is 0.0204. The highest BCUT2D eigenvalue weighted by atomic mass is 79.9. The molecule has 0 radical (unpaired) electrons. The Kier molecular flexibility index (Phi) is 4.74. The molecule has 1 heterocycles. The molecule has 1 amide bonds. The van der Waals surface area contributed by atoms with E-state index in [0.29, 0.717) is 10.8 Å². The van der Waals surface area contributed by atoms with Gasteiger partial charge in [0.05, 0.1) is 14.2 Å². The molecule has 7 heteroatoms. The summed E-state index contributed by atoms with van der Waals surface area (Å²) in [4.78, 5) is 21.8. The van der Waals surface area contributed by atoms with Gasteiger partial charge in [0, 0.05) is 17.1 Å². The monoisotopic (exact) mass is 356 g/mol. The molecule has 1 aromatic carbocycles. The molecule has 5 nitrogen and oxygen atoms in total. The van der Waals surface area contributed by atoms with E-state index in [0.717, 1.165) is 20.1 Å². The first-order chi connectivity index (χ1) is 9.56. The summed E-state index contributed by atoms with van der Waals surface area (Å²) in [5.41, 5.74) is 0.926. The minimum atomic E-state index is -0.287. The summed E-state index contributed by atoms with van der Waals surface area (Å²) in [7, 11) is 4.46. The van der Waals surface area contributed by atoms with Crippen LogP contribution in [0.4, 0.5) is 0 Å². The second-order valence-electron chi connectivity index (χ2n) is 3.85. The number of amides is 1. The minimum absolute atomic E-state index is 0.287. The first-order valence-electron chi connectivity index (χ1n) is 5.69. The number of thiazole rings is 1. The molecule has 0 N–H and O–H groups in total. The molecule has 0 saturated heterocycles. The minimum Gasteiger partial charge on any atom is -0.480 e. The number of halogens is 1. The molecule has 0 fully saturated rings. The second kappa shape index (κ2) is 6.34. The Morgan fingerprint density at radius 2 is 1.95 bits per heavy atom. The lowest BCUT2D eigenvalue weighted by Gasteiger charge is -2.12. The molecule has 0 aliphatic rings. The van der Waals surface area contributed by atoms with Gasteiger partial charge in [0.2, 0.25) is 5.88 Å². The van der Waals surface area contributed by atoms with E-state index in [4.69, 9.17) is 9.57 Å². The van der Waals surface area contributed by atoms with Crippen LogP contribution in [0, 0.1) is 0 Å². The maximum Gasteiger partial charge on any atom is 0.292 e. The largest absolute Gasteiger partial charge is 0.480 e. The molecule has 0 saturated carbocycles. The van der Waals surface area contributed by atoms with Crippen LogP contribution in [0.1, 0.15) is 9.67 Å². The van der Waals surface area contributed by atoms with E-state index in [1.54, 1.807) is 7.05 Å². The number of nitrogens with zero attached hydrogens (tertiary/aromatic N) is 2. The van der Waals surface area contributed by atoms with Crippen molar-refractivity contribution in [3.63, 3.8) is 0 Å². The van der Waals surface area contributed by atoms with E-state index >= 15 is 0 Å². The number of ether oxygens (including phenoxy) is 1. The van der Waals surface area contributed by atoms with Crippen LogP contribution >= 0.6 is 27.3 Å². The molecule has 0 aliphatic carbocycles. The standard InChI is InChI=1S/C13H13BrN2O3S/c1-16(19-3)13(17)10-11(18-2)15-12(20-10)8-4-6-9(14)7-5-8/h4-7H,1-3H3. The van der Waals surface area contributed by atoms with Crippen LogP contribution in [0.3, 0.4) is 0 Å². The van der Waals surface area contributed by atoms with Gasteiger partial charge in [0.25, 0.3) is 5.91 Å². The van der Waals surface area contributed by atoms with Crippen LogP contribution < -0.4 is 4.74 Å². The smallest absolute Gasteiger partial charge is 0.292 e. The average molecular weight is 357 g/mol. The van der Waals surface area contributed by atoms with Gasteiger partial charge in [-0.05, 0) is 12.1 Å². The molecule has 0 bridgehead atoms. The SMILES string of the molecule is COc1nc(-c2ccc(Br)cc2)sc1C(=O)N(C)OC. The summed E-state index contributed by atoms with van der Waals surface area (Å²) in [5, 5.41) is 1.86. The summed E-state index contributed by atoms with van der Waals surface area (Å²) >= 11 is 4.66. The van der Waals surface area contributed by atoms with Crippen molar-refractivity contribution in [2.75, 3.05) is 21.3 Å². The summed E-state index contributed by atoms with van der Waals surface area (Å²) in [6.07, 6.45) is 0. The number of methoxy groups -OCH3 is 1. The van der Waals surface area contributed by atoms with Crippen LogP contribution in [0.15, 0.2) is 28.7 Å². The Morgan fingerprint density at radius 1 is 1.30 bits per heavy atom. The molecule has 1 aromatic heterocycles. The maximum absolute atomic E-state index is 12.1. The van der Waals surface area contributed by atoms with E-state index < -0.39 is 0 Å². The van der Waals surface area contributed by atoms with Crippen molar-refractivity contribution in [2.45, 2.75) is 0 Å². The van der Waals surface area contributed by atoms with E-state index in [2.05, 4.69) is 20.9 Å². The van der Waals surface area contributed by atoms with E-state index in [9.17, 15) is 4.79 Å².